The Morgan fingerprint density at radius 2 is 2.09 bits per heavy atom. The Bertz CT molecular complexity index is 1410. The van der Waals surface area contributed by atoms with Crippen molar-refractivity contribution >= 4 is 22.8 Å². The molecule has 0 spiro atoms. The summed E-state index contributed by atoms with van der Waals surface area (Å²) in [6.07, 6.45) is 3.11. The second-order valence-corrected chi connectivity index (χ2v) is 8.35. The van der Waals surface area contributed by atoms with Crippen molar-refractivity contribution in [2.45, 2.75) is 12.8 Å². The van der Waals surface area contributed by atoms with Crippen molar-refractivity contribution in [2.24, 2.45) is 0 Å². The van der Waals surface area contributed by atoms with Crippen molar-refractivity contribution in [3.63, 3.8) is 0 Å². The van der Waals surface area contributed by atoms with E-state index in [-0.39, 0.29) is 17.6 Å². The largest absolute Gasteiger partial charge is 0.507 e. The van der Waals surface area contributed by atoms with E-state index in [1.807, 2.05) is 18.2 Å². The predicted octanol–water partition coefficient (Wildman–Crippen LogP) is 3.36. The van der Waals surface area contributed by atoms with Gasteiger partial charge in [0.25, 0.3) is 5.91 Å². The number of carbonyl (C=O) groups is 2. The summed E-state index contributed by atoms with van der Waals surface area (Å²) in [6, 6.07) is 14.1. The van der Waals surface area contributed by atoms with Gasteiger partial charge in [0.1, 0.15) is 11.6 Å². The number of phenolic OH excluding ortho intramolecular Hbond substituents is 1. The van der Waals surface area contributed by atoms with Crippen LogP contribution < -0.4 is 10.1 Å². The molecule has 2 aromatic heterocycles. The maximum Gasteiger partial charge on any atom is 0.251 e. The number of fused-ring (bicyclic) bond motifs is 1. The molecule has 1 saturated heterocycles. The molecule has 1 aliphatic rings. The first-order chi connectivity index (χ1) is 17.0. The first-order valence-corrected chi connectivity index (χ1v) is 11.4. The Morgan fingerprint density at radius 1 is 1.20 bits per heavy atom. The molecule has 2 amide bonds. The average molecular weight is 472 g/mol. The van der Waals surface area contributed by atoms with Crippen LogP contribution in [0.4, 0.5) is 0 Å². The highest BCUT2D eigenvalue weighted by atomic mass is 16.5. The first-order valence-electron chi connectivity index (χ1n) is 11.4. The van der Waals surface area contributed by atoms with Gasteiger partial charge in [-0.25, -0.2) is 9.97 Å². The average Bonchev–Trinajstić information content (AvgIpc) is 3.49. The lowest BCUT2D eigenvalue weighted by atomic mass is 10.0. The van der Waals surface area contributed by atoms with E-state index in [0.717, 1.165) is 29.6 Å². The summed E-state index contributed by atoms with van der Waals surface area (Å²) in [6.45, 7) is 1.65. The summed E-state index contributed by atoms with van der Waals surface area (Å²) in [7, 11) is 1.56. The molecule has 1 aliphatic heterocycles. The Morgan fingerprint density at radius 3 is 2.89 bits per heavy atom. The number of aromatic nitrogens is 3. The zero-order valence-corrected chi connectivity index (χ0v) is 19.2. The van der Waals surface area contributed by atoms with Gasteiger partial charge in [0.15, 0.2) is 0 Å². The summed E-state index contributed by atoms with van der Waals surface area (Å²) >= 11 is 0. The van der Waals surface area contributed by atoms with Crippen LogP contribution in [-0.2, 0) is 4.79 Å². The van der Waals surface area contributed by atoms with E-state index in [2.05, 4.69) is 20.3 Å². The molecular formula is C26H25N5O4. The minimum Gasteiger partial charge on any atom is -0.507 e. The van der Waals surface area contributed by atoms with E-state index in [9.17, 15) is 14.7 Å². The van der Waals surface area contributed by atoms with E-state index >= 15 is 0 Å². The summed E-state index contributed by atoms with van der Waals surface area (Å²) in [4.78, 5) is 38.2. The number of nitrogens with zero attached hydrogens (tertiary/aromatic N) is 3. The number of methoxy groups -OCH3 is 1. The van der Waals surface area contributed by atoms with Gasteiger partial charge in [-0.1, -0.05) is 6.07 Å². The molecule has 35 heavy (non-hydrogen) atoms. The Labute approximate surface area is 201 Å². The molecule has 0 aliphatic carbocycles. The quantitative estimate of drug-likeness (QED) is 0.380. The molecule has 2 aromatic carbocycles. The summed E-state index contributed by atoms with van der Waals surface area (Å²) < 4.78 is 5.37. The molecule has 1 fully saturated rings. The predicted molar refractivity (Wildman–Crippen MR) is 131 cm³/mol. The number of hydrogen-bond acceptors (Lipinski definition) is 6. The van der Waals surface area contributed by atoms with Gasteiger partial charge in [-0.3, -0.25) is 9.59 Å². The fourth-order valence-electron chi connectivity index (χ4n) is 4.29. The number of ether oxygens (including phenoxy) is 1. The topological polar surface area (TPSA) is 120 Å². The maximum atomic E-state index is 12.6. The Balaban J connectivity index is 1.37. The second-order valence-electron chi connectivity index (χ2n) is 8.35. The van der Waals surface area contributed by atoms with Crippen LogP contribution in [-0.4, -0.2) is 63.5 Å². The molecule has 178 valence electrons. The highest BCUT2D eigenvalue weighted by Crippen LogP contribution is 2.35. The minimum absolute atomic E-state index is 0.0742. The van der Waals surface area contributed by atoms with Gasteiger partial charge in [-0.05, 0) is 54.4 Å². The van der Waals surface area contributed by atoms with Crippen molar-refractivity contribution < 1.29 is 19.4 Å². The van der Waals surface area contributed by atoms with E-state index in [1.165, 1.54) is 0 Å². The van der Waals surface area contributed by atoms with Crippen LogP contribution in [0.3, 0.4) is 0 Å². The molecule has 0 unspecified atom stereocenters. The summed E-state index contributed by atoms with van der Waals surface area (Å²) in [5.74, 6) is 0.950. The zero-order valence-electron chi connectivity index (χ0n) is 19.2. The molecule has 4 aromatic rings. The third-order valence-corrected chi connectivity index (χ3v) is 6.11. The van der Waals surface area contributed by atoms with E-state index in [0.29, 0.717) is 47.9 Å². The van der Waals surface area contributed by atoms with Gasteiger partial charge >= 0.3 is 0 Å². The van der Waals surface area contributed by atoms with Gasteiger partial charge in [-0.15, -0.1) is 0 Å². The van der Waals surface area contributed by atoms with Gasteiger partial charge in [0, 0.05) is 43.4 Å². The van der Waals surface area contributed by atoms with Crippen LogP contribution in [0, 0.1) is 0 Å². The van der Waals surface area contributed by atoms with Crippen molar-refractivity contribution in [1.29, 1.82) is 0 Å². The van der Waals surface area contributed by atoms with E-state index in [1.54, 1.807) is 48.5 Å². The molecule has 0 atom stereocenters. The van der Waals surface area contributed by atoms with Gasteiger partial charge in [0.05, 0.1) is 23.7 Å². The van der Waals surface area contributed by atoms with Crippen LogP contribution in [0.25, 0.3) is 33.5 Å². The minimum atomic E-state index is -0.225. The number of likely N-dealkylation sites (tertiary alicyclic amines) is 1. The third kappa shape index (κ3) is 4.52. The molecule has 5 rings (SSSR count). The number of aromatic amines is 1. The fourth-order valence-corrected chi connectivity index (χ4v) is 4.29. The van der Waals surface area contributed by atoms with Gasteiger partial charge in [-0.2, -0.15) is 0 Å². The molecule has 3 N–H and O–H groups in total. The van der Waals surface area contributed by atoms with Crippen LogP contribution in [0.1, 0.15) is 23.2 Å². The molecule has 0 radical (unpaired) electrons. The van der Waals surface area contributed by atoms with Crippen LogP contribution >= 0.6 is 0 Å². The lowest BCUT2D eigenvalue weighted by molar-refractivity contribution is -0.127. The molecular weight excluding hydrogens is 446 g/mol. The maximum absolute atomic E-state index is 12.6. The number of H-pyrrole nitrogens is 1. The number of carbonyl (C=O) groups excluding carboxylic acids is 2. The standard InChI is InChI=1S/C26H25N5O4/c1-35-26-18(4-2-10-28-26)16-7-9-22(32)19(14-16)24-29-20-8-6-17(15-21(20)30-24)25(34)27-11-13-31-12-3-5-23(31)33/h2,4,6-10,14-15,32H,3,5,11-13H2,1H3,(H,27,34)(H,29,30). The zero-order chi connectivity index (χ0) is 24.4. The Hall–Kier alpha value is -4.40. The first kappa shape index (κ1) is 22.4. The number of phenols is 1. The number of amides is 2. The van der Waals surface area contributed by atoms with E-state index in [4.69, 9.17) is 4.74 Å². The molecule has 9 heteroatoms. The number of pyridine rings is 1. The number of hydrogen-bond donors (Lipinski definition) is 3. The second kappa shape index (κ2) is 9.46. The number of aromatic hydroxyl groups is 1. The number of imidazole rings is 1. The molecule has 9 nitrogen and oxygen atoms in total. The highest BCUT2D eigenvalue weighted by Gasteiger charge is 2.20. The number of nitrogens with one attached hydrogen (secondary N) is 2. The summed E-state index contributed by atoms with van der Waals surface area (Å²) in [5.41, 5.74) is 3.95. The highest BCUT2D eigenvalue weighted by molar-refractivity contribution is 5.98. The third-order valence-electron chi connectivity index (χ3n) is 6.11. The molecule has 0 bridgehead atoms. The lowest BCUT2D eigenvalue weighted by Crippen LogP contribution is -2.35. The SMILES string of the molecule is COc1ncccc1-c1ccc(O)c(-c2nc3cc(C(=O)NCCN4CCCC4=O)ccc3[nH]2)c1. The van der Waals surface area contributed by atoms with Crippen LogP contribution in [0.5, 0.6) is 11.6 Å². The van der Waals surface area contributed by atoms with Crippen LogP contribution in [0.2, 0.25) is 0 Å². The van der Waals surface area contributed by atoms with Crippen molar-refractivity contribution in [2.75, 3.05) is 26.7 Å². The Kier molecular flexibility index (Phi) is 6.05. The van der Waals surface area contributed by atoms with Crippen LogP contribution in [0.15, 0.2) is 54.7 Å². The van der Waals surface area contributed by atoms with Crippen molar-refractivity contribution in [3.05, 3.63) is 60.3 Å². The van der Waals surface area contributed by atoms with E-state index < -0.39 is 0 Å². The monoisotopic (exact) mass is 471 g/mol. The fraction of sp³-hybridized carbons (Fsp3) is 0.231. The smallest absolute Gasteiger partial charge is 0.251 e. The normalized spacial score (nSPS) is 13.4. The van der Waals surface area contributed by atoms with Gasteiger partial charge in [0.2, 0.25) is 11.8 Å². The van der Waals surface area contributed by atoms with Crippen molar-refractivity contribution in [1.82, 2.24) is 25.2 Å². The molecule has 0 saturated carbocycles. The lowest BCUT2D eigenvalue weighted by Gasteiger charge is -2.15. The molecule has 3 heterocycles. The number of benzene rings is 2. The summed E-state index contributed by atoms with van der Waals surface area (Å²) in [5, 5.41) is 13.4. The number of rotatable bonds is 7. The van der Waals surface area contributed by atoms with Gasteiger partial charge < -0.3 is 25.0 Å². The van der Waals surface area contributed by atoms with Crippen molar-refractivity contribution in [3.8, 4) is 34.1 Å².